The van der Waals surface area contributed by atoms with Crippen molar-refractivity contribution in [2.75, 3.05) is 0 Å². The van der Waals surface area contributed by atoms with Crippen molar-refractivity contribution in [3.05, 3.63) is 187 Å². The summed E-state index contributed by atoms with van der Waals surface area (Å²) in [6.07, 6.45) is 1.15. The van der Waals surface area contributed by atoms with E-state index in [-0.39, 0.29) is 37.5 Å². The van der Waals surface area contributed by atoms with Crippen molar-refractivity contribution in [1.82, 2.24) is 0 Å². The minimum Gasteiger partial charge on any atom is -0.495 e. The van der Waals surface area contributed by atoms with E-state index in [1.165, 1.54) is 31.8 Å². The summed E-state index contributed by atoms with van der Waals surface area (Å²) < 4.78 is 50.2. The van der Waals surface area contributed by atoms with Crippen LogP contribution in [0.25, 0.3) is 0 Å². The fourth-order valence-electron chi connectivity index (χ4n) is 5.81. The zero-order valence-electron chi connectivity index (χ0n) is 32.6. The number of benzene rings is 6. The zero-order valence-corrected chi connectivity index (χ0v) is 36.0. The number of hydrogen-bond donors (Lipinski definition) is 0. The Bertz CT molecular complexity index is 1880. The van der Waals surface area contributed by atoms with Crippen molar-refractivity contribution in [3.63, 3.8) is 0 Å². The molecule has 0 amide bonds. The van der Waals surface area contributed by atoms with E-state index in [9.17, 15) is 26.9 Å². The molecule has 0 aliphatic rings. The van der Waals surface area contributed by atoms with Gasteiger partial charge < -0.3 is 26.7 Å². The number of esters is 2. The van der Waals surface area contributed by atoms with E-state index in [2.05, 4.69) is 127 Å². The summed E-state index contributed by atoms with van der Waals surface area (Å²) >= 11 is 0. The van der Waals surface area contributed by atoms with E-state index >= 15 is 0 Å². The minimum absolute atomic E-state index is 0. The summed E-state index contributed by atoms with van der Waals surface area (Å²) in [4.78, 5) is 23.6. The molecule has 0 saturated carbocycles. The van der Waals surface area contributed by atoms with Gasteiger partial charge in [-0.05, 0) is 41.4 Å². The van der Waals surface area contributed by atoms with Gasteiger partial charge in [-0.25, -0.2) is 0 Å². The van der Waals surface area contributed by atoms with Gasteiger partial charge in [0.1, 0.15) is 6.10 Å². The summed E-state index contributed by atoms with van der Waals surface area (Å²) in [5, 5.41) is 7.55. The van der Waals surface area contributed by atoms with Gasteiger partial charge in [0.15, 0.2) is 0 Å². The average Bonchev–Trinajstić information content (AvgIpc) is 3.22. The molecular formula is C46H45BF4O4P2Rh. The maximum absolute atomic E-state index is 11.8. The molecule has 4 nitrogen and oxygen atoms in total. The number of carbonyl (C=O) groups is 2. The number of rotatable bonds is 12. The Morgan fingerprint density at radius 1 is 0.552 bits per heavy atom. The van der Waals surface area contributed by atoms with Gasteiger partial charge in [-0.3, -0.25) is 9.59 Å². The fraction of sp³-hybridized carbons (Fsp3) is 0.152. The van der Waals surface area contributed by atoms with Crippen molar-refractivity contribution < 1.29 is 55.8 Å². The second kappa shape index (κ2) is 24.3. The third-order valence-electron chi connectivity index (χ3n) is 8.35. The van der Waals surface area contributed by atoms with E-state index in [4.69, 9.17) is 9.47 Å². The molecule has 1 unspecified atom stereocenters. The van der Waals surface area contributed by atoms with Gasteiger partial charge in [-0.15, -0.1) is 23.0 Å². The predicted octanol–water partition coefficient (Wildman–Crippen LogP) is 10.1. The van der Waals surface area contributed by atoms with Crippen LogP contribution in [0.5, 0.6) is 0 Å². The number of carbonyl (C=O) groups excluding carboxylic acids is 2. The van der Waals surface area contributed by atoms with Crippen LogP contribution in [-0.4, -0.2) is 19.2 Å². The first-order valence-electron chi connectivity index (χ1n) is 18.5. The summed E-state index contributed by atoms with van der Waals surface area (Å²) in [6, 6.07) is 58.7. The number of hydrogen-bond acceptors (Lipinski definition) is 4. The summed E-state index contributed by atoms with van der Waals surface area (Å²) in [6.45, 7) is 7.45. The largest absolute Gasteiger partial charge is 2.00 e. The molecule has 0 bridgehead atoms. The van der Waals surface area contributed by atoms with Crippen LogP contribution < -0.4 is 31.8 Å². The Balaban J connectivity index is 0.000000274. The molecule has 12 heteroatoms. The molecule has 6 aromatic carbocycles. The van der Waals surface area contributed by atoms with Crippen LogP contribution in [0.15, 0.2) is 170 Å². The molecule has 0 heterocycles. The van der Waals surface area contributed by atoms with Crippen molar-refractivity contribution in [3.8, 4) is 0 Å². The molecule has 0 fully saturated rings. The van der Waals surface area contributed by atoms with Gasteiger partial charge in [0.05, 0.1) is 0 Å². The molecule has 6 rings (SSSR count). The maximum Gasteiger partial charge on any atom is 2.00 e. The third kappa shape index (κ3) is 15.0. The minimum atomic E-state index is -6.00. The maximum atomic E-state index is 11.8. The third-order valence-corrected chi connectivity index (χ3v) is 13.4. The first-order chi connectivity index (χ1) is 27.4. The van der Waals surface area contributed by atoms with Gasteiger partial charge in [0.25, 0.3) is 5.97 Å². The summed E-state index contributed by atoms with van der Waals surface area (Å²) in [7, 11) is -7.46. The van der Waals surface area contributed by atoms with Gasteiger partial charge in [0.2, 0.25) is 0 Å². The SMILES string of the molecule is CCC(=O)OC(C)c1ccccc1P(c1ccccc1)c1ccccc1.CCC(=O)O[C-](C)c1ccccc1P(c1ccccc1)c1ccccc1.F[B-](F)(F)F.[Rh+2]. The monoisotopic (exact) mass is 913 g/mol. The molecule has 0 aliphatic carbocycles. The topological polar surface area (TPSA) is 52.6 Å². The Hall–Kier alpha value is -4.60. The van der Waals surface area contributed by atoms with Crippen LogP contribution in [0.4, 0.5) is 17.3 Å². The average molecular weight is 914 g/mol. The van der Waals surface area contributed by atoms with Gasteiger partial charge in [-0.2, -0.15) is 6.07 Å². The molecule has 6 aromatic rings. The Morgan fingerprint density at radius 2 is 0.879 bits per heavy atom. The molecule has 0 aliphatic heterocycles. The molecule has 1 radical (unpaired) electrons. The fourth-order valence-corrected chi connectivity index (χ4v) is 10.9. The smallest absolute Gasteiger partial charge is 0.495 e. The first kappa shape index (κ1) is 47.8. The second-order valence-electron chi connectivity index (χ2n) is 12.5. The normalized spacial score (nSPS) is 11.1. The van der Waals surface area contributed by atoms with E-state index in [0.29, 0.717) is 18.9 Å². The van der Waals surface area contributed by atoms with Crippen LogP contribution in [0.3, 0.4) is 0 Å². The van der Waals surface area contributed by atoms with Crippen LogP contribution in [-0.2, 0) is 38.5 Å². The van der Waals surface area contributed by atoms with Crippen molar-refractivity contribution in [2.24, 2.45) is 0 Å². The van der Waals surface area contributed by atoms with E-state index < -0.39 is 23.1 Å². The zero-order chi connectivity index (χ0) is 41.2. The molecule has 0 spiro atoms. The summed E-state index contributed by atoms with van der Waals surface area (Å²) in [5.41, 5.74) is 2.07. The molecule has 0 saturated heterocycles. The van der Waals surface area contributed by atoms with Crippen molar-refractivity contribution in [1.29, 1.82) is 0 Å². The number of halogens is 4. The van der Waals surface area contributed by atoms with Crippen molar-refractivity contribution >= 4 is 66.9 Å². The van der Waals surface area contributed by atoms with E-state index in [1.54, 1.807) is 0 Å². The molecular weight excluding hydrogens is 868 g/mol. The Labute approximate surface area is 354 Å². The Kier molecular flexibility index (Phi) is 20.1. The molecule has 0 N–H and O–H groups in total. The first-order valence-corrected chi connectivity index (χ1v) is 21.2. The summed E-state index contributed by atoms with van der Waals surface area (Å²) in [5.74, 6) is -0.378. The quantitative estimate of drug-likeness (QED) is 0.0404. The molecule has 1 atom stereocenters. The standard InChI is InChI=1S/C23H23O2P.C23H22O2P.BF4.Rh/c2*1-3-23(24)25-18(2)21-16-10-11-17-22(21)26(19-12-6-4-7-13-19)20-14-8-5-9-15-20;2-1(3,4)5;/h4-18H,3H2,1-2H3;4-17H,3H2,1-2H3;;/q;2*-1;+2. The molecule has 58 heavy (non-hydrogen) atoms. The van der Waals surface area contributed by atoms with E-state index in [0.717, 1.165) is 11.1 Å². The number of ether oxygens (including phenoxy) is 2. The second-order valence-corrected chi connectivity index (χ2v) is 16.8. The van der Waals surface area contributed by atoms with Crippen LogP contribution in [0.2, 0.25) is 0 Å². The van der Waals surface area contributed by atoms with Gasteiger partial charge in [0, 0.05) is 24.5 Å². The van der Waals surface area contributed by atoms with Crippen LogP contribution in [0, 0.1) is 6.10 Å². The molecule has 0 aromatic heterocycles. The van der Waals surface area contributed by atoms with Crippen LogP contribution in [0.1, 0.15) is 57.8 Å². The van der Waals surface area contributed by atoms with Gasteiger partial charge in [-0.1, -0.05) is 180 Å². The Morgan fingerprint density at radius 3 is 1.28 bits per heavy atom. The van der Waals surface area contributed by atoms with Crippen molar-refractivity contribution in [2.45, 2.75) is 46.6 Å². The molecule has 303 valence electrons. The van der Waals surface area contributed by atoms with Crippen LogP contribution >= 0.6 is 15.8 Å². The van der Waals surface area contributed by atoms with E-state index in [1.807, 2.05) is 70.2 Å². The predicted molar refractivity (Wildman–Crippen MR) is 230 cm³/mol. The van der Waals surface area contributed by atoms with Gasteiger partial charge >= 0.3 is 32.7 Å².